The molecule has 4 aromatic rings. The number of nitrogens with one attached hydrogen (secondary N) is 3. The van der Waals surface area contributed by atoms with E-state index in [1.807, 2.05) is 79.7 Å². The third-order valence-electron chi connectivity index (χ3n) is 6.44. The van der Waals surface area contributed by atoms with Crippen molar-refractivity contribution in [3.63, 3.8) is 0 Å². The number of carbonyl (C=O) groups excluding carboxylic acids is 1. The number of hydrogen-bond acceptors (Lipinski definition) is 5. The summed E-state index contributed by atoms with van der Waals surface area (Å²) in [7, 11) is 4.00. The largest absolute Gasteiger partial charge is 0.362 e. The lowest BCUT2D eigenvalue weighted by atomic mass is 9.91. The van der Waals surface area contributed by atoms with E-state index in [0.29, 0.717) is 5.95 Å². The first kappa shape index (κ1) is 21.9. The van der Waals surface area contributed by atoms with Gasteiger partial charge in [0.05, 0.1) is 11.2 Å². The van der Waals surface area contributed by atoms with Crippen LogP contribution in [0.3, 0.4) is 0 Å². The van der Waals surface area contributed by atoms with Crippen LogP contribution >= 0.6 is 0 Å². The Hall–Kier alpha value is -3.87. The molecule has 2 amide bonds. The highest BCUT2D eigenvalue weighted by Gasteiger charge is 2.23. The molecule has 1 aliphatic rings. The van der Waals surface area contributed by atoms with Gasteiger partial charge in [0.1, 0.15) is 5.82 Å². The molecule has 0 radical (unpaired) electrons. The molecule has 1 heterocycles. The fourth-order valence-corrected chi connectivity index (χ4v) is 4.71. The first-order valence-corrected chi connectivity index (χ1v) is 11.8. The summed E-state index contributed by atoms with van der Waals surface area (Å²) in [5.41, 5.74) is 1.76. The first-order chi connectivity index (χ1) is 16.6. The second-order valence-corrected chi connectivity index (χ2v) is 9.10. The topological polar surface area (TPSA) is 82.2 Å². The lowest BCUT2D eigenvalue weighted by Crippen LogP contribution is -2.42. The number of fused-ring (bicyclic) bond motifs is 2. The highest BCUT2D eigenvalue weighted by molar-refractivity contribution is 6.01. The van der Waals surface area contributed by atoms with Crippen molar-refractivity contribution in [2.45, 2.75) is 37.8 Å². The Balaban J connectivity index is 1.18. The average Bonchev–Trinajstić information content (AvgIpc) is 2.85. The molecule has 3 N–H and O–H groups in total. The minimum atomic E-state index is -0.152. The molecule has 7 heteroatoms. The van der Waals surface area contributed by atoms with Crippen LogP contribution in [0.15, 0.2) is 66.7 Å². The van der Waals surface area contributed by atoms with E-state index in [0.717, 1.165) is 58.9 Å². The van der Waals surface area contributed by atoms with Crippen LogP contribution in [-0.4, -0.2) is 42.2 Å². The molecule has 5 rings (SSSR count). The molecular weight excluding hydrogens is 424 g/mol. The van der Waals surface area contributed by atoms with Gasteiger partial charge in [0.15, 0.2) is 0 Å². The Labute approximate surface area is 199 Å². The predicted octanol–water partition coefficient (Wildman–Crippen LogP) is 5.39. The zero-order chi connectivity index (χ0) is 23.5. The molecule has 1 aromatic heterocycles. The van der Waals surface area contributed by atoms with E-state index in [1.165, 1.54) is 0 Å². The molecule has 0 spiro atoms. The molecule has 174 valence electrons. The van der Waals surface area contributed by atoms with Crippen LogP contribution < -0.4 is 20.9 Å². The molecule has 34 heavy (non-hydrogen) atoms. The minimum absolute atomic E-state index is 0.152. The van der Waals surface area contributed by atoms with Crippen molar-refractivity contribution < 1.29 is 4.79 Å². The van der Waals surface area contributed by atoms with Crippen molar-refractivity contribution in [2.75, 3.05) is 29.6 Å². The number of aromatic nitrogens is 2. The molecular formula is C27H30N6O. The molecule has 3 aromatic carbocycles. The molecule has 0 atom stereocenters. The lowest BCUT2D eigenvalue weighted by Gasteiger charge is -2.30. The van der Waals surface area contributed by atoms with Crippen molar-refractivity contribution in [3.8, 4) is 0 Å². The summed E-state index contributed by atoms with van der Waals surface area (Å²) >= 11 is 0. The number of benzene rings is 3. The SMILES string of the molecule is CN(C)c1nc(NC2CCC(NC(=O)Nc3cccc4ccccc34)CC2)nc2ccccc12. The summed E-state index contributed by atoms with van der Waals surface area (Å²) in [6.07, 6.45) is 3.73. The smallest absolute Gasteiger partial charge is 0.319 e. The van der Waals surface area contributed by atoms with Crippen molar-refractivity contribution in [3.05, 3.63) is 66.7 Å². The Kier molecular flexibility index (Phi) is 6.16. The number of hydrogen-bond donors (Lipinski definition) is 3. The summed E-state index contributed by atoms with van der Waals surface area (Å²) < 4.78 is 0. The first-order valence-electron chi connectivity index (χ1n) is 11.8. The third kappa shape index (κ3) is 4.73. The number of rotatable bonds is 5. The van der Waals surface area contributed by atoms with Gasteiger partial charge in [-0.2, -0.15) is 4.98 Å². The fraction of sp³-hybridized carbons (Fsp3) is 0.296. The van der Waals surface area contributed by atoms with Gasteiger partial charge in [0.25, 0.3) is 0 Å². The normalized spacial score (nSPS) is 17.9. The molecule has 0 unspecified atom stereocenters. The third-order valence-corrected chi connectivity index (χ3v) is 6.44. The molecule has 0 aliphatic heterocycles. The highest BCUT2D eigenvalue weighted by Crippen LogP contribution is 2.27. The van der Waals surface area contributed by atoms with Crippen LogP contribution in [-0.2, 0) is 0 Å². The Bertz CT molecular complexity index is 1310. The van der Waals surface area contributed by atoms with E-state index in [4.69, 9.17) is 9.97 Å². The molecule has 1 aliphatic carbocycles. The standard InChI is InChI=1S/C27H30N6O/c1-33(2)25-22-11-5-6-12-24(22)30-26(32-25)28-19-14-16-20(17-15-19)29-27(34)31-23-13-7-9-18-8-3-4-10-21(18)23/h3-13,19-20H,14-17H2,1-2H3,(H,28,30,32)(H2,29,31,34). The van der Waals surface area contributed by atoms with Crippen LogP contribution in [0.4, 0.5) is 22.2 Å². The number of amides is 2. The van der Waals surface area contributed by atoms with Gasteiger partial charge >= 0.3 is 6.03 Å². The molecule has 0 bridgehead atoms. The van der Waals surface area contributed by atoms with Crippen LogP contribution in [0.2, 0.25) is 0 Å². The molecule has 1 fully saturated rings. The van der Waals surface area contributed by atoms with Gasteiger partial charge in [0, 0.05) is 37.0 Å². The Morgan fingerprint density at radius 1 is 0.824 bits per heavy atom. The maximum atomic E-state index is 12.7. The zero-order valence-corrected chi connectivity index (χ0v) is 19.6. The second-order valence-electron chi connectivity index (χ2n) is 9.10. The van der Waals surface area contributed by atoms with Crippen LogP contribution in [0, 0.1) is 0 Å². The van der Waals surface area contributed by atoms with E-state index in [2.05, 4.69) is 22.0 Å². The number of anilines is 3. The van der Waals surface area contributed by atoms with E-state index in [9.17, 15) is 4.79 Å². The van der Waals surface area contributed by atoms with Crippen molar-refractivity contribution in [2.24, 2.45) is 0 Å². The van der Waals surface area contributed by atoms with E-state index < -0.39 is 0 Å². The summed E-state index contributed by atoms with van der Waals surface area (Å²) in [5, 5.41) is 12.9. The Morgan fingerprint density at radius 3 is 2.29 bits per heavy atom. The van der Waals surface area contributed by atoms with Gasteiger partial charge in [-0.05, 0) is 49.3 Å². The monoisotopic (exact) mass is 454 g/mol. The Morgan fingerprint density at radius 2 is 1.50 bits per heavy atom. The van der Waals surface area contributed by atoms with Gasteiger partial charge in [-0.3, -0.25) is 0 Å². The maximum Gasteiger partial charge on any atom is 0.319 e. The van der Waals surface area contributed by atoms with Gasteiger partial charge < -0.3 is 20.9 Å². The van der Waals surface area contributed by atoms with E-state index in [-0.39, 0.29) is 18.1 Å². The average molecular weight is 455 g/mol. The lowest BCUT2D eigenvalue weighted by molar-refractivity contribution is 0.243. The van der Waals surface area contributed by atoms with Gasteiger partial charge in [0.2, 0.25) is 5.95 Å². The fourth-order valence-electron chi connectivity index (χ4n) is 4.71. The molecule has 1 saturated carbocycles. The predicted molar refractivity (Wildman–Crippen MR) is 140 cm³/mol. The highest BCUT2D eigenvalue weighted by atomic mass is 16.2. The van der Waals surface area contributed by atoms with Crippen LogP contribution in [0.5, 0.6) is 0 Å². The van der Waals surface area contributed by atoms with Crippen LogP contribution in [0.1, 0.15) is 25.7 Å². The van der Waals surface area contributed by atoms with Gasteiger partial charge in [-0.25, -0.2) is 9.78 Å². The van der Waals surface area contributed by atoms with Gasteiger partial charge in [-0.1, -0.05) is 48.5 Å². The van der Waals surface area contributed by atoms with Crippen molar-refractivity contribution in [1.29, 1.82) is 0 Å². The summed E-state index contributed by atoms with van der Waals surface area (Å²) in [4.78, 5) is 24.2. The van der Waals surface area contributed by atoms with Crippen LogP contribution in [0.25, 0.3) is 21.7 Å². The summed E-state index contributed by atoms with van der Waals surface area (Å²) in [6, 6.07) is 22.4. The van der Waals surface area contributed by atoms with Gasteiger partial charge in [-0.15, -0.1) is 0 Å². The van der Waals surface area contributed by atoms with E-state index >= 15 is 0 Å². The quantitative estimate of drug-likeness (QED) is 0.376. The van der Waals surface area contributed by atoms with Crippen molar-refractivity contribution in [1.82, 2.24) is 15.3 Å². The minimum Gasteiger partial charge on any atom is -0.362 e. The summed E-state index contributed by atoms with van der Waals surface area (Å²) in [5.74, 6) is 1.57. The molecule has 0 saturated heterocycles. The molecule has 7 nitrogen and oxygen atoms in total. The number of nitrogens with zero attached hydrogens (tertiary/aromatic N) is 3. The summed E-state index contributed by atoms with van der Waals surface area (Å²) in [6.45, 7) is 0. The maximum absolute atomic E-state index is 12.7. The van der Waals surface area contributed by atoms with Crippen molar-refractivity contribution >= 4 is 45.2 Å². The zero-order valence-electron chi connectivity index (χ0n) is 19.6. The van der Waals surface area contributed by atoms with E-state index in [1.54, 1.807) is 0 Å². The number of carbonyl (C=O) groups is 1. The second kappa shape index (κ2) is 9.55. The number of urea groups is 1. The number of para-hydroxylation sites is 1.